The van der Waals surface area contributed by atoms with Gasteiger partial charge in [0.2, 0.25) is 0 Å². The molecule has 1 heterocycles. The van der Waals surface area contributed by atoms with Crippen molar-refractivity contribution in [3.63, 3.8) is 0 Å². The summed E-state index contributed by atoms with van der Waals surface area (Å²) in [5.74, 6) is 2.68. The Hall–Kier alpha value is -1.03. The number of anilines is 1. The predicted octanol–water partition coefficient (Wildman–Crippen LogP) is 3.89. The number of rotatable bonds is 7. The maximum absolute atomic E-state index is 6.42. The second-order valence-corrected chi connectivity index (χ2v) is 6.93. The van der Waals surface area contributed by atoms with E-state index in [1.54, 1.807) is 7.11 Å². The molecular weight excluding hydrogens is 262 g/mol. The van der Waals surface area contributed by atoms with E-state index in [-0.39, 0.29) is 5.60 Å². The summed E-state index contributed by atoms with van der Waals surface area (Å²) < 4.78 is 7.83. The van der Waals surface area contributed by atoms with Crippen LogP contribution in [0.15, 0.2) is 0 Å². The maximum Gasteiger partial charge on any atom is 0.126 e. The van der Waals surface area contributed by atoms with Crippen LogP contribution in [0.2, 0.25) is 0 Å². The quantitative estimate of drug-likeness (QED) is 0.829. The molecule has 2 N–H and O–H groups in total. The molecule has 1 saturated carbocycles. The fourth-order valence-corrected chi connectivity index (χ4v) is 3.19. The Labute approximate surface area is 129 Å². The van der Waals surface area contributed by atoms with Crippen LogP contribution < -0.4 is 5.73 Å². The molecule has 0 atom stereocenters. The van der Waals surface area contributed by atoms with Crippen LogP contribution in [-0.2, 0) is 17.7 Å². The third-order valence-corrected chi connectivity index (χ3v) is 4.71. The molecule has 2 rings (SSSR count). The van der Waals surface area contributed by atoms with Crippen molar-refractivity contribution in [3.8, 4) is 0 Å². The molecule has 1 aliphatic carbocycles. The lowest BCUT2D eigenvalue weighted by molar-refractivity contribution is 0.0226. The first-order chi connectivity index (χ1) is 9.98. The number of nitrogens with two attached hydrogens (primary N) is 1. The zero-order valence-electron chi connectivity index (χ0n) is 14.1. The molecular formula is C17H31N3O. The third-order valence-electron chi connectivity index (χ3n) is 4.71. The Morgan fingerprint density at radius 1 is 1.33 bits per heavy atom. The lowest BCUT2D eigenvalue weighted by atomic mass is 10.0. The van der Waals surface area contributed by atoms with Crippen LogP contribution in [0, 0.1) is 0 Å². The highest BCUT2D eigenvalue weighted by molar-refractivity contribution is 5.40. The van der Waals surface area contributed by atoms with E-state index in [2.05, 4.69) is 25.3 Å². The lowest BCUT2D eigenvalue weighted by Gasteiger charge is -2.21. The van der Waals surface area contributed by atoms with Gasteiger partial charge in [-0.05, 0) is 33.1 Å². The molecule has 0 saturated heterocycles. The molecule has 0 radical (unpaired) electrons. The largest absolute Gasteiger partial charge is 0.384 e. The Balaban J connectivity index is 2.29. The predicted molar refractivity (Wildman–Crippen MR) is 87.5 cm³/mol. The van der Waals surface area contributed by atoms with E-state index >= 15 is 0 Å². The molecule has 4 nitrogen and oxygen atoms in total. The first kappa shape index (κ1) is 16.3. The standard InChI is InChI=1S/C17H31N3O/c1-5-6-11-20-15(18)14(12-17(2,3)21-4)19-16(20)13-9-7-8-10-13/h13H,5-12,18H2,1-4H3. The third kappa shape index (κ3) is 3.79. The summed E-state index contributed by atoms with van der Waals surface area (Å²) in [6, 6.07) is 0. The molecule has 120 valence electrons. The van der Waals surface area contributed by atoms with Gasteiger partial charge in [-0.2, -0.15) is 0 Å². The van der Waals surface area contributed by atoms with E-state index < -0.39 is 0 Å². The van der Waals surface area contributed by atoms with Gasteiger partial charge in [0.05, 0.1) is 11.3 Å². The van der Waals surface area contributed by atoms with E-state index in [0.29, 0.717) is 5.92 Å². The molecule has 0 amide bonds. The Kier molecular flexibility index (Phi) is 5.31. The summed E-state index contributed by atoms with van der Waals surface area (Å²) in [7, 11) is 1.75. The van der Waals surface area contributed by atoms with Crippen LogP contribution in [0.1, 0.15) is 76.7 Å². The molecule has 1 aromatic rings. The van der Waals surface area contributed by atoms with Crippen molar-refractivity contribution in [2.24, 2.45) is 0 Å². The normalized spacial score (nSPS) is 16.8. The molecule has 0 spiro atoms. The highest BCUT2D eigenvalue weighted by Gasteiger charge is 2.27. The van der Waals surface area contributed by atoms with Crippen molar-refractivity contribution < 1.29 is 4.74 Å². The fourth-order valence-electron chi connectivity index (χ4n) is 3.19. The topological polar surface area (TPSA) is 53.1 Å². The van der Waals surface area contributed by atoms with Crippen molar-refractivity contribution in [1.29, 1.82) is 0 Å². The van der Waals surface area contributed by atoms with Crippen molar-refractivity contribution in [2.45, 2.75) is 83.8 Å². The van der Waals surface area contributed by atoms with E-state index in [9.17, 15) is 0 Å². The molecule has 1 aromatic heterocycles. The van der Waals surface area contributed by atoms with Crippen LogP contribution >= 0.6 is 0 Å². The summed E-state index contributed by atoms with van der Waals surface area (Å²) in [5.41, 5.74) is 7.22. The van der Waals surface area contributed by atoms with Crippen molar-refractivity contribution in [2.75, 3.05) is 12.8 Å². The second kappa shape index (κ2) is 6.82. The van der Waals surface area contributed by atoms with E-state index in [1.807, 2.05) is 0 Å². The number of hydrogen-bond acceptors (Lipinski definition) is 3. The number of unbranched alkanes of at least 4 members (excludes halogenated alkanes) is 1. The Morgan fingerprint density at radius 2 is 2.00 bits per heavy atom. The van der Waals surface area contributed by atoms with Gasteiger partial charge in [0.25, 0.3) is 0 Å². The summed E-state index contributed by atoms with van der Waals surface area (Å²) in [4.78, 5) is 4.94. The number of hydrogen-bond donors (Lipinski definition) is 1. The SMILES string of the molecule is CCCCn1c(C2CCCC2)nc(CC(C)(C)OC)c1N. The first-order valence-electron chi connectivity index (χ1n) is 8.38. The number of ether oxygens (including phenoxy) is 1. The minimum absolute atomic E-state index is 0.217. The summed E-state index contributed by atoms with van der Waals surface area (Å²) >= 11 is 0. The number of aromatic nitrogens is 2. The zero-order chi connectivity index (χ0) is 15.5. The van der Waals surface area contributed by atoms with Gasteiger partial charge < -0.3 is 15.0 Å². The molecule has 0 bridgehead atoms. The Morgan fingerprint density at radius 3 is 2.57 bits per heavy atom. The van der Waals surface area contributed by atoms with Gasteiger partial charge in [-0.3, -0.25) is 0 Å². The number of methoxy groups -OCH3 is 1. The monoisotopic (exact) mass is 293 g/mol. The molecule has 21 heavy (non-hydrogen) atoms. The molecule has 0 unspecified atom stereocenters. The van der Waals surface area contributed by atoms with Crippen molar-refractivity contribution >= 4 is 5.82 Å². The van der Waals surface area contributed by atoms with Crippen LogP contribution in [-0.4, -0.2) is 22.3 Å². The Bertz CT molecular complexity index is 459. The number of nitrogen functional groups attached to an aromatic ring is 1. The minimum Gasteiger partial charge on any atom is -0.384 e. The van der Waals surface area contributed by atoms with Gasteiger partial charge in [-0.1, -0.05) is 26.2 Å². The van der Waals surface area contributed by atoms with Gasteiger partial charge in [-0.25, -0.2) is 4.98 Å². The maximum atomic E-state index is 6.42. The highest BCUT2D eigenvalue weighted by atomic mass is 16.5. The molecule has 1 fully saturated rings. The average Bonchev–Trinajstić information content (AvgIpc) is 3.06. The summed E-state index contributed by atoms with van der Waals surface area (Å²) in [6.07, 6.45) is 8.28. The van der Waals surface area contributed by atoms with Crippen LogP contribution in [0.4, 0.5) is 5.82 Å². The molecule has 1 aliphatic rings. The molecule has 0 aromatic carbocycles. The van der Waals surface area contributed by atoms with Crippen LogP contribution in [0.5, 0.6) is 0 Å². The van der Waals surface area contributed by atoms with E-state index in [1.165, 1.54) is 37.9 Å². The van der Waals surface area contributed by atoms with Crippen molar-refractivity contribution in [3.05, 3.63) is 11.5 Å². The van der Waals surface area contributed by atoms with E-state index in [0.717, 1.165) is 30.9 Å². The van der Waals surface area contributed by atoms with Crippen LogP contribution in [0.3, 0.4) is 0 Å². The second-order valence-electron chi connectivity index (χ2n) is 6.93. The van der Waals surface area contributed by atoms with E-state index in [4.69, 9.17) is 15.5 Å². The van der Waals surface area contributed by atoms with Gasteiger partial charge in [-0.15, -0.1) is 0 Å². The first-order valence-corrected chi connectivity index (χ1v) is 8.38. The highest BCUT2D eigenvalue weighted by Crippen LogP contribution is 2.36. The smallest absolute Gasteiger partial charge is 0.126 e. The number of nitrogens with zero attached hydrogens (tertiary/aromatic N) is 2. The zero-order valence-corrected chi connectivity index (χ0v) is 14.1. The lowest BCUT2D eigenvalue weighted by Crippen LogP contribution is -2.26. The molecule has 4 heteroatoms. The molecule has 0 aliphatic heterocycles. The van der Waals surface area contributed by atoms with Gasteiger partial charge in [0, 0.05) is 26.0 Å². The fraction of sp³-hybridized carbons (Fsp3) is 0.824. The van der Waals surface area contributed by atoms with Crippen LogP contribution in [0.25, 0.3) is 0 Å². The number of imidazole rings is 1. The van der Waals surface area contributed by atoms with Gasteiger partial charge in [0.15, 0.2) is 0 Å². The average molecular weight is 293 g/mol. The minimum atomic E-state index is -0.217. The summed E-state index contributed by atoms with van der Waals surface area (Å²) in [6.45, 7) is 7.39. The van der Waals surface area contributed by atoms with Crippen molar-refractivity contribution in [1.82, 2.24) is 9.55 Å². The summed E-state index contributed by atoms with van der Waals surface area (Å²) in [5, 5.41) is 0. The van der Waals surface area contributed by atoms with Gasteiger partial charge >= 0.3 is 0 Å². The van der Waals surface area contributed by atoms with Gasteiger partial charge in [0.1, 0.15) is 11.6 Å².